The summed E-state index contributed by atoms with van der Waals surface area (Å²) >= 11 is 0. The lowest BCUT2D eigenvalue weighted by molar-refractivity contribution is 0.321. The second-order valence-electron chi connectivity index (χ2n) is 5.20. The van der Waals surface area contributed by atoms with E-state index in [1.807, 2.05) is 12.1 Å². The largest absolute Gasteiger partial charge is 0.493 e. The van der Waals surface area contributed by atoms with Gasteiger partial charge in [0.15, 0.2) is 11.5 Å². The van der Waals surface area contributed by atoms with Crippen LogP contribution in [-0.2, 0) is 6.54 Å². The molecule has 6 heteroatoms. The van der Waals surface area contributed by atoms with Gasteiger partial charge in [-0.1, -0.05) is 6.07 Å². The van der Waals surface area contributed by atoms with Crippen molar-refractivity contribution in [1.29, 1.82) is 0 Å². The van der Waals surface area contributed by atoms with E-state index in [-0.39, 0.29) is 0 Å². The Kier molecular flexibility index (Phi) is 5.67. The molecule has 3 N–H and O–H groups in total. The maximum atomic E-state index is 5.48. The van der Waals surface area contributed by atoms with Crippen LogP contribution >= 0.6 is 0 Å². The minimum Gasteiger partial charge on any atom is -0.493 e. The van der Waals surface area contributed by atoms with Crippen LogP contribution in [0.5, 0.6) is 17.2 Å². The number of hydrazine groups is 1. The van der Waals surface area contributed by atoms with Crippen molar-refractivity contribution in [2.45, 2.75) is 19.5 Å². The number of benzene rings is 1. The summed E-state index contributed by atoms with van der Waals surface area (Å²) < 4.78 is 16.2. The first-order chi connectivity index (χ1) is 10.2. The van der Waals surface area contributed by atoms with E-state index in [1.54, 1.807) is 21.3 Å². The third-order valence-electron chi connectivity index (χ3n) is 3.91. The molecule has 0 bridgehead atoms. The van der Waals surface area contributed by atoms with E-state index in [0.717, 1.165) is 30.9 Å². The fourth-order valence-electron chi connectivity index (χ4n) is 2.59. The molecule has 2 unspecified atom stereocenters. The highest BCUT2D eigenvalue weighted by atomic mass is 16.5. The van der Waals surface area contributed by atoms with Crippen LogP contribution in [0.2, 0.25) is 0 Å². The summed E-state index contributed by atoms with van der Waals surface area (Å²) in [6, 6.07) is 4.38. The van der Waals surface area contributed by atoms with E-state index < -0.39 is 0 Å². The van der Waals surface area contributed by atoms with Crippen molar-refractivity contribution in [1.82, 2.24) is 16.2 Å². The quantitative estimate of drug-likeness (QED) is 0.695. The fraction of sp³-hybridized carbons (Fsp3) is 0.600. The lowest BCUT2D eigenvalue weighted by Gasteiger charge is -2.18. The van der Waals surface area contributed by atoms with Crippen LogP contribution in [0.25, 0.3) is 0 Å². The zero-order chi connectivity index (χ0) is 15.2. The first kappa shape index (κ1) is 15.9. The summed E-state index contributed by atoms with van der Waals surface area (Å²) in [5.41, 5.74) is 7.46. The number of hydrogen-bond acceptors (Lipinski definition) is 6. The Morgan fingerprint density at radius 2 is 1.90 bits per heavy atom. The lowest BCUT2D eigenvalue weighted by Crippen LogP contribution is -2.32. The smallest absolute Gasteiger partial charge is 0.203 e. The first-order valence-corrected chi connectivity index (χ1v) is 7.18. The topological polar surface area (TPSA) is 63.8 Å². The zero-order valence-electron chi connectivity index (χ0n) is 13.2. The molecule has 2 rings (SSSR count). The van der Waals surface area contributed by atoms with E-state index in [4.69, 9.17) is 14.2 Å². The summed E-state index contributed by atoms with van der Waals surface area (Å²) in [5, 5.41) is 3.48. The van der Waals surface area contributed by atoms with Gasteiger partial charge in [-0.15, -0.1) is 0 Å². The maximum Gasteiger partial charge on any atom is 0.203 e. The van der Waals surface area contributed by atoms with E-state index in [9.17, 15) is 0 Å². The monoisotopic (exact) mass is 295 g/mol. The Morgan fingerprint density at radius 3 is 2.48 bits per heavy atom. The number of methoxy groups -OCH3 is 3. The maximum absolute atomic E-state index is 5.48. The van der Waals surface area contributed by atoms with Gasteiger partial charge in [0.2, 0.25) is 5.75 Å². The molecule has 0 aromatic heterocycles. The van der Waals surface area contributed by atoms with Crippen molar-refractivity contribution >= 4 is 0 Å². The number of rotatable bonds is 7. The summed E-state index contributed by atoms with van der Waals surface area (Å²) in [7, 11) is 4.89. The molecule has 0 saturated carbocycles. The van der Waals surface area contributed by atoms with E-state index in [0.29, 0.717) is 23.5 Å². The average Bonchev–Trinajstić information content (AvgIpc) is 2.91. The van der Waals surface area contributed by atoms with E-state index >= 15 is 0 Å². The predicted octanol–water partition coefficient (Wildman–Crippen LogP) is 0.915. The summed E-state index contributed by atoms with van der Waals surface area (Å²) in [6.07, 6.45) is 0. The third kappa shape index (κ3) is 3.58. The zero-order valence-corrected chi connectivity index (χ0v) is 13.2. The van der Waals surface area contributed by atoms with Crippen LogP contribution in [0, 0.1) is 5.92 Å². The molecule has 1 aromatic carbocycles. The SMILES string of the molecule is COc1ccc(CNCC2CNNC2C)c(OC)c1OC. The van der Waals surface area contributed by atoms with Gasteiger partial charge in [-0.25, -0.2) is 0 Å². The molecule has 1 heterocycles. The minimum atomic E-state index is 0.477. The second kappa shape index (κ2) is 7.49. The van der Waals surface area contributed by atoms with Crippen LogP contribution in [0.1, 0.15) is 12.5 Å². The third-order valence-corrected chi connectivity index (χ3v) is 3.91. The standard InChI is InChI=1S/C15H25N3O3/c1-10-12(9-17-18-10)8-16-7-11-5-6-13(19-2)15(21-4)14(11)20-3/h5-6,10,12,16-18H,7-9H2,1-4H3. The van der Waals surface area contributed by atoms with E-state index in [2.05, 4.69) is 23.1 Å². The van der Waals surface area contributed by atoms with Gasteiger partial charge in [0, 0.05) is 37.2 Å². The van der Waals surface area contributed by atoms with Gasteiger partial charge in [0.05, 0.1) is 21.3 Å². The average molecular weight is 295 g/mol. The molecule has 1 aliphatic rings. The van der Waals surface area contributed by atoms with Crippen LogP contribution in [0.15, 0.2) is 12.1 Å². The molecule has 0 spiro atoms. The van der Waals surface area contributed by atoms with Crippen molar-refractivity contribution in [2.24, 2.45) is 5.92 Å². The number of hydrogen-bond donors (Lipinski definition) is 3. The highest BCUT2D eigenvalue weighted by Gasteiger charge is 2.22. The van der Waals surface area contributed by atoms with Crippen LogP contribution in [-0.4, -0.2) is 40.5 Å². The Balaban J connectivity index is 2.02. The normalized spacial score (nSPS) is 21.3. The minimum absolute atomic E-state index is 0.477. The van der Waals surface area contributed by atoms with Crippen molar-refractivity contribution < 1.29 is 14.2 Å². The Morgan fingerprint density at radius 1 is 1.14 bits per heavy atom. The first-order valence-electron chi connectivity index (χ1n) is 7.18. The van der Waals surface area contributed by atoms with Gasteiger partial charge in [-0.2, -0.15) is 0 Å². The molecule has 0 radical (unpaired) electrons. The van der Waals surface area contributed by atoms with Gasteiger partial charge in [-0.05, 0) is 13.0 Å². The highest BCUT2D eigenvalue weighted by Crippen LogP contribution is 2.39. The number of nitrogens with one attached hydrogen (secondary N) is 3. The van der Waals surface area contributed by atoms with Crippen LogP contribution in [0.4, 0.5) is 0 Å². The molecule has 0 amide bonds. The van der Waals surface area contributed by atoms with Crippen molar-refractivity contribution in [3.8, 4) is 17.2 Å². The molecule has 2 atom stereocenters. The molecule has 1 aromatic rings. The van der Waals surface area contributed by atoms with Gasteiger partial charge in [-0.3, -0.25) is 10.9 Å². The van der Waals surface area contributed by atoms with Crippen LogP contribution in [0.3, 0.4) is 0 Å². The molecule has 1 saturated heterocycles. The molecule has 1 aliphatic heterocycles. The van der Waals surface area contributed by atoms with Crippen molar-refractivity contribution in [2.75, 3.05) is 34.4 Å². The molecular weight excluding hydrogens is 270 g/mol. The fourth-order valence-corrected chi connectivity index (χ4v) is 2.59. The van der Waals surface area contributed by atoms with Gasteiger partial charge < -0.3 is 19.5 Å². The lowest BCUT2D eigenvalue weighted by atomic mass is 10.0. The highest BCUT2D eigenvalue weighted by molar-refractivity contribution is 5.55. The Bertz CT molecular complexity index is 468. The van der Waals surface area contributed by atoms with Gasteiger partial charge in [0.1, 0.15) is 0 Å². The summed E-state index contributed by atoms with van der Waals surface area (Å²) in [4.78, 5) is 0. The molecule has 118 valence electrons. The van der Waals surface area contributed by atoms with Crippen molar-refractivity contribution in [3.05, 3.63) is 17.7 Å². The molecule has 21 heavy (non-hydrogen) atoms. The number of ether oxygens (including phenoxy) is 3. The summed E-state index contributed by atoms with van der Waals surface area (Å²) in [5.74, 6) is 2.61. The summed E-state index contributed by atoms with van der Waals surface area (Å²) in [6.45, 7) is 4.84. The predicted molar refractivity (Wildman–Crippen MR) is 81.9 cm³/mol. The Hall–Kier alpha value is -1.50. The van der Waals surface area contributed by atoms with Crippen molar-refractivity contribution in [3.63, 3.8) is 0 Å². The van der Waals surface area contributed by atoms with Crippen LogP contribution < -0.4 is 30.4 Å². The second-order valence-corrected chi connectivity index (χ2v) is 5.20. The molecule has 6 nitrogen and oxygen atoms in total. The van der Waals surface area contributed by atoms with E-state index in [1.165, 1.54) is 0 Å². The molecular formula is C15H25N3O3. The molecule has 1 fully saturated rings. The Labute approximate surface area is 126 Å². The molecule has 0 aliphatic carbocycles. The van der Waals surface area contributed by atoms with Gasteiger partial charge in [0.25, 0.3) is 0 Å². The van der Waals surface area contributed by atoms with Gasteiger partial charge >= 0.3 is 0 Å².